The fraction of sp³-hybridized carbons (Fsp3) is 0.200. The highest BCUT2D eigenvalue weighted by atomic mass is 35.5. The molecule has 1 heterocycles. The van der Waals surface area contributed by atoms with Crippen LogP contribution in [0.3, 0.4) is 0 Å². The summed E-state index contributed by atoms with van der Waals surface area (Å²) in [6.07, 6.45) is 0. The molecule has 0 amide bonds. The molecule has 5 heteroatoms. The molecule has 3 rings (SSSR count). The molecule has 3 aromatic rings. The molecule has 2 N–H and O–H groups in total. The van der Waals surface area contributed by atoms with Crippen LogP contribution in [0.4, 0.5) is 0 Å². The van der Waals surface area contributed by atoms with Crippen molar-refractivity contribution in [3.8, 4) is 11.5 Å². The zero-order valence-electron chi connectivity index (χ0n) is 14.1. The van der Waals surface area contributed by atoms with E-state index in [4.69, 9.17) is 15.2 Å². The van der Waals surface area contributed by atoms with E-state index in [0.29, 0.717) is 13.2 Å². The molecule has 0 saturated heterocycles. The maximum absolute atomic E-state index is 6.35. The summed E-state index contributed by atoms with van der Waals surface area (Å²) in [5, 5.41) is 4.11. The highest BCUT2D eigenvalue weighted by Crippen LogP contribution is 2.33. The van der Waals surface area contributed by atoms with Gasteiger partial charge in [-0.25, -0.2) is 0 Å². The quantitative estimate of drug-likeness (QED) is 0.617. The van der Waals surface area contributed by atoms with E-state index in [9.17, 15) is 0 Å². The van der Waals surface area contributed by atoms with E-state index >= 15 is 0 Å². The minimum Gasteiger partial charge on any atom is -0.490 e. The molecular formula is C20H22ClNO2S. The average Bonchev–Trinajstić information content (AvgIpc) is 3.16. The average molecular weight is 376 g/mol. The number of halogens is 1. The molecule has 0 aliphatic heterocycles. The third kappa shape index (κ3) is 4.98. The molecule has 2 aromatic carbocycles. The molecule has 1 atom stereocenters. The minimum atomic E-state index is -0.154. The van der Waals surface area contributed by atoms with Gasteiger partial charge >= 0.3 is 0 Å². The van der Waals surface area contributed by atoms with Gasteiger partial charge in [0.25, 0.3) is 0 Å². The van der Waals surface area contributed by atoms with Gasteiger partial charge in [0, 0.05) is 0 Å². The fourth-order valence-corrected chi connectivity index (χ4v) is 3.18. The predicted octanol–water partition coefficient (Wildman–Crippen LogP) is 5.20. The lowest BCUT2D eigenvalue weighted by Crippen LogP contribution is -2.11. The second kappa shape index (κ2) is 9.47. The summed E-state index contributed by atoms with van der Waals surface area (Å²) in [7, 11) is 0. The number of ether oxygens (including phenoxy) is 2. The number of hydrogen-bond acceptors (Lipinski definition) is 4. The maximum atomic E-state index is 6.35. The van der Waals surface area contributed by atoms with Crippen LogP contribution in [0.25, 0.3) is 0 Å². The Bertz CT molecular complexity index is 763. The predicted molar refractivity (Wildman–Crippen MR) is 106 cm³/mol. The second-order valence-electron chi connectivity index (χ2n) is 5.45. The van der Waals surface area contributed by atoms with Gasteiger partial charge in [-0.05, 0) is 52.6 Å². The lowest BCUT2D eigenvalue weighted by Gasteiger charge is -2.16. The lowest BCUT2D eigenvalue weighted by molar-refractivity contribution is 0.269. The number of hydrogen-bond donors (Lipinski definition) is 1. The van der Waals surface area contributed by atoms with Crippen LogP contribution in [0.1, 0.15) is 29.7 Å². The van der Waals surface area contributed by atoms with Gasteiger partial charge in [0.2, 0.25) is 0 Å². The van der Waals surface area contributed by atoms with E-state index in [1.807, 2.05) is 60.8 Å². The summed E-state index contributed by atoms with van der Waals surface area (Å²) in [4.78, 5) is 0. The van der Waals surface area contributed by atoms with Gasteiger partial charge in [-0.1, -0.05) is 36.4 Å². The SMILES string of the molecule is CCOc1cc([C@@H](N)c2ccsc2)ccc1OCc1ccccc1.Cl. The topological polar surface area (TPSA) is 44.5 Å². The summed E-state index contributed by atoms with van der Waals surface area (Å²) in [6.45, 7) is 3.06. The first kappa shape index (κ1) is 19.3. The fourth-order valence-electron chi connectivity index (χ4n) is 2.49. The first-order chi connectivity index (χ1) is 11.8. The zero-order valence-corrected chi connectivity index (χ0v) is 15.7. The Morgan fingerprint density at radius 2 is 1.76 bits per heavy atom. The molecule has 0 unspecified atom stereocenters. The Labute approximate surface area is 158 Å². The first-order valence-electron chi connectivity index (χ1n) is 7.99. The number of nitrogens with two attached hydrogens (primary N) is 1. The molecule has 3 nitrogen and oxygen atoms in total. The highest BCUT2D eigenvalue weighted by molar-refractivity contribution is 7.08. The van der Waals surface area contributed by atoms with E-state index < -0.39 is 0 Å². The van der Waals surface area contributed by atoms with Gasteiger partial charge in [-0.3, -0.25) is 0 Å². The second-order valence-corrected chi connectivity index (χ2v) is 6.23. The van der Waals surface area contributed by atoms with E-state index in [-0.39, 0.29) is 18.4 Å². The summed E-state index contributed by atoms with van der Waals surface area (Å²) in [6, 6.07) is 17.9. The van der Waals surface area contributed by atoms with Crippen molar-refractivity contribution in [1.82, 2.24) is 0 Å². The van der Waals surface area contributed by atoms with Crippen LogP contribution in [0, 0.1) is 0 Å². The summed E-state index contributed by atoms with van der Waals surface area (Å²) in [5.74, 6) is 1.47. The molecule has 0 aliphatic carbocycles. The van der Waals surface area contributed by atoms with Crippen LogP contribution in [0.15, 0.2) is 65.4 Å². The Hall–Kier alpha value is -2.01. The molecule has 132 valence electrons. The van der Waals surface area contributed by atoms with Crippen molar-refractivity contribution in [1.29, 1.82) is 0 Å². The van der Waals surface area contributed by atoms with Gasteiger partial charge in [0.05, 0.1) is 12.6 Å². The minimum absolute atomic E-state index is 0. The lowest BCUT2D eigenvalue weighted by atomic mass is 10.0. The van der Waals surface area contributed by atoms with Crippen LogP contribution in [-0.4, -0.2) is 6.61 Å². The standard InChI is InChI=1S/C20H21NO2S.ClH/c1-2-22-19-12-16(20(21)17-10-11-24-14-17)8-9-18(19)23-13-15-6-4-3-5-7-15;/h3-12,14,20H,2,13,21H2,1H3;1H/t20-;/m1./s1. The molecule has 0 radical (unpaired) electrons. The van der Waals surface area contributed by atoms with Gasteiger partial charge in [-0.15, -0.1) is 12.4 Å². The molecule has 1 aromatic heterocycles. The van der Waals surface area contributed by atoms with Gasteiger partial charge in [0.1, 0.15) is 6.61 Å². The highest BCUT2D eigenvalue weighted by Gasteiger charge is 2.13. The molecule has 0 saturated carbocycles. The van der Waals surface area contributed by atoms with E-state index in [0.717, 1.165) is 28.2 Å². The Balaban J connectivity index is 0.00000225. The normalized spacial score (nSPS) is 11.4. The Kier molecular flexibility index (Phi) is 7.31. The third-order valence-corrected chi connectivity index (χ3v) is 4.47. The zero-order chi connectivity index (χ0) is 16.8. The van der Waals surface area contributed by atoms with Crippen LogP contribution in [0.5, 0.6) is 11.5 Å². The van der Waals surface area contributed by atoms with Crippen LogP contribution in [0.2, 0.25) is 0 Å². The summed E-state index contributed by atoms with van der Waals surface area (Å²) in [5.41, 5.74) is 9.60. The smallest absolute Gasteiger partial charge is 0.161 e. The number of benzene rings is 2. The largest absolute Gasteiger partial charge is 0.490 e. The summed E-state index contributed by atoms with van der Waals surface area (Å²) < 4.78 is 11.7. The maximum Gasteiger partial charge on any atom is 0.161 e. The van der Waals surface area contributed by atoms with Gasteiger partial charge in [-0.2, -0.15) is 11.3 Å². The first-order valence-corrected chi connectivity index (χ1v) is 8.93. The van der Waals surface area contributed by atoms with Gasteiger partial charge in [0.15, 0.2) is 11.5 Å². The molecule has 0 aliphatic rings. The van der Waals surface area contributed by atoms with Crippen molar-refractivity contribution < 1.29 is 9.47 Å². The van der Waals surface area contributed by atoms with Crippen molar-refractivity contribution in [3.63, 3.8) is 0 Å². The van der Waals surface area contributed by atoms with Crippen LogP contribution >= 0.6 is 23.7 Å². The van der Waals surface area contributed by atoms with Crippen LogP contribution < -0.4 is 15.2 Å². The number of thiophene rings is 1. The third-order valence-electron chi connectivity index (χ3n) is 3.77. The van der Waals surface area contributed by atoms with Crippen molar-refractivity contribution >= 4 is 23.7 Å². The molecule has 0 bridgehead atoms. The number of rotatable bonds is 7. The molecule has 25 heavy (non-hydrogen) atoms. The van der Waals surface area contributed by atoms with Gasteiger partial charge < -0.3 is 15.2 Å². The van der Waals surface area contributed by atoms with Crippen molar-refractivity contribution in [2.75, 3.05) is 6.61 Å². The van der Waals surface area contributed by atoms with Crippen molar-refractivity contribution in [3.05, 3.63) is 82.0 Å². The van der Waals surface area contributed by atoms with E-state index in [1.54, 1.807) is 11.3 Å². The van der Waals surface area contributed by atoms with Crippen molar-refractivity contribution in [2.24, 2.45) is 5.73 Å². The molecule has 0 spiro atoms. The molecule has 0 fully saturated rings. The molecular weight excluding hydrogens is 354 g/mol. The van der Waals surface area contributed by atoms with Crippen LogP contribution in [-0.2, 0) is 6.61 Å². The Morgan fingerprint density at radius 3 is 2.44 bits per heavy atom. The Morgan fingerprint density at radius 1 is 0.960 bits per heavy atom. The van der Waals surface area contributed by atoms with Crippen molar-refractivity contribution in [2.45, 2.75) is 19.6 Å². The van der Waals surface area contributed by atoms with E-state index in [2.05, 4.69) is 11.4 Å². The summed E-state index contributed by atoms with van der Waals surface area (Å²) >= 11 is 1.65. The van der Waals surface area contributed by atoms with E-state index in [1.165, 1.54) is 0 Å². The monoisotopic (exact) mass is 375 g/mol.